The van der Waals surface area contributed by atoms with Crippen molar-refractivity contribution in [3.63, 3.8) is 0 Å². The van der Waals surface area contributed by atoms with Gasteiger partial charge in [-0.2, -0.15) is 0 Å². The van der Waals surface area contributed by atoms with Gasteiger partial charge in [0, 0.05) is 65.3 Å². The van der Waals surface area contributed by atoms with Gasteiger partial charge in [0.15, 0.2) is 0 Å². The van der Waals surface area contributed by atoms with Crippen LogP contribution in [0.25, 0.3) is 98.4 Å². The van der Waals surface area contributed by atoms with Gasteiger partial charge in [0.25, 0.3) is 0 Å². The Morgan fingerprint density at radius 3 is 1.44 bits per heavy atom. The number of nitrogens with zero attached hydrogens (tertiary/aromatic N) is 3. The Bertz CT molecular complexity index is 4090. The van der Waals surface area contributed by atoms with Crippen molar-refractivity contribution in [3.05, 3.63) is 198 Å². The van der Waals surface area contributed by atoms with E-state index in [0.717, 1.165) is 11.4 Å². The highest BCUT2D eigenvalue weighted by molar-refractivity contribution is 6.32. The van der Waals surface area contributed by atoms with E-state index >= 15 is 0 Å². The van der Waals surface area contributed by atoms with E-state index in [-0.39, 0.29) is 10.8 Å². The van der Waals surface area contributed by atoms with E-state index in [2.05, 4.69) is 217 Å². The first-order valence-corrected chi connectivity index (χ1v) is 22.4. The smallest absolute Gasteiger partial charge is 0.0641 e. The first-order chi connectivity index (χ1) is 30.8. The highest BCUT2D eigenvalue weighted by Crippen LogP contribution is 2.58. The molecule has 0 bridgehead atoms. The molecule has 2 aliphatic carbocycles. The maximum Gasteiger partial charge on any atom is 0.0641 e. The normalized spacial score (nSPS) is 14.9. The van der Waals surface area contributed by atoms with Crippen LogP contribution in [0.2, 0.25) is 0 Å². The lowest BCUT2D eigenvalue weighted by atomic mass is 9.80. The van der Waals surface area contributed by atoms with Crippen LogP contribution >= 0.6 is 0 Å². The lowest BCUT2D eigenvalue weighted by Crippen LogP contribution is -2.15. The van der Waals surface area contributed by atoms with E-state index in [1.807, 2.05) is 0 Å². The fourth-order valence-electron chi connectivity index (χ4n) is 13.0. The summed E-state index contributed by atoms with van der Waals surface area (Å²) in [5.41, 5.74) is 21.9. The molecule has 0 saturated carbocycles. The molecule has 0 unspecified atom stereocenters. The van der Waals surface area contributed by atoms with E-state index < -0.39 is 0 Å². The van der Waals surface area contributed by atoms with Crippen LogP contribution < -0.4 is 4.90 Å². The monoisotopic (exact) mass is 803 g/mol. The van der Waals surface area contributed by atoms with Crippen LogP contribution in [-0.4, -0.2) is 8.80 Å². The molecule has 3 heteroatoms. The van der Waals surface area contributed by atoms with Crippen LogP contribution in [0.4, 0.5) is 17.1 Å². The van der Waals surface area contributed by atoms with Gasteiger partial charge in [0.05, 0.1) is 38.8 Å². The molecule has 15 rings (SSSR count). The number of para-hydroxylation sites is 3. The number of fused-ring (bicyclic) bond motifs is 20. The second-order valence-electron chi connectivity index (χ2n) is 19.2. The van der Waals surface area contributed by atoms with Gasteiger partial charge in [-0.1, -0.05) is 149 Å². The van der Waals surface area contributed by atoms with E-state index in [4.69, 9.17) is 0 Å². The van der Waals surface area contributed by atoms with E-state index in [1.165, 1.54) is 126 Å². The third kappa shape index (κ3) is 3.91. The lowest BCUT2D eigenvalue weighted by molar-refractivity contribution is 0.666. The molecule has 0 N–H and O–H groups in total. The lowest BCUT2D eigenvalue weighted by Gasteiger charge is -2.27. The highest BCUT2D eigenvalue weighted by atomic mass is 15.1. The van der Waals surface area contributed by atoms with Crippen LogP contribution in [0.3, 0.4) is 0 Å². The van der Waals surface area contributed by atoms with Gasteiger partial charge in [0.2, 0.25) is 0 Å². The van der Waals surface area contributed by atoms with E-state index in [0.29, 0.717) is 0 Å². The van der Waals surface area contributed by atoms with Gasteiger partial charge in [-0.25, -0.2) is 0 Å². The molecule has 296 valence electrons. The molecule has 0 radical (unpaired) electrons. The van der Waals surface area contributed by atoms with Gasteiger partial charge in [-0.05, 0) is 99.1 Å². The molecule has 9 aromatic carbocycles. The topological polar surface area (TPSA) is 12.1 Å². The standard InChI is InChI=1S/C60H41N3/c1-59(2)45-24-13-11-20-36(45)38-26-29-47-52(55(38)59)42-23-15-22-40-43-32-51-44(33-50(43)62(47)57(40)42)41-28-31-49(61(34-16-7-5-8-17-34)35-18-9-6-10-19-35)54-53-48(63(51)58(41)54)30-27-39-37-21-12-14-25-46(37)60(3,4)56(39)53/h5-33H,1-4H3. The van der Waals surface area contributed by atoms with Crippen molar-refractivity contribution in [3.8, 4) is 22.3 Å². The summed E-state index contributed by atoms with van der Waals surface area (Å²) in [7, 11) is 0. The maximum absolute atomic E-state index is 2.62. The molecule has 0 fully saturated rings. The molecule has 63 heavy (non-hydrogen) atoms. The second kappa shape index (κ2) is 11.2. The Hall–Kier alpha value is -7.62. The average Bonchev–Trinajstić information content (AvgIpc) is 4.12. The minimum atomic E-state index is -0.196. The molecule has 0 amide bonds. The fraction of sp³-hybridized carbons (Fsp3) is 0.100. The van der Waals surface area contributed by atoms with Crippen molar-refractivity contribution in [2.24, 2.45) is 0 Å². The van der Waals surface area contributed by atoms with Gasteiger partial charge in [-0.15, -0.1) is 0 Å². The summed E-state index contributed by atoms with van der Waals surface area (Å²) in [5.74, 6) is 0. The maximum atomic E-state index is 2.62. The Labute approximate surface area is 364 Å². The van der Waals surface area contributed by atoms with Gasteiger partial charge in [-0.3, -0.25) is 0 Å². The largest absolute Gasteiger partial charge is 0.310 e. The van der Waals surface area contributed by atoms with Crippen LogP contribution in [0.15, 0.2) is 176 Å². The van der Waals surface area contributed by atoms with Crippen LogP contribution in [0.1, 0.15) is 49.9 Å². The summed E-state index contributed by atoms with van der Waals surface area (Å²) in [6, 6.07) is 66.3. The minimum absolute atomic E-state index is 0.109. The molecule has 0 saturated heterocycles. The zero-order valence-electron chi connectivity index (χ0n) is 35.6. The van der Waals surface area contributed by atoms with Crippen molar-refractivity contribution >= 4 is 93.3 Å². The molecule has 0 spiro atoms. The van der Waals surface area contributed by atoms with Gasteiger partial charge in [0.1, 0.15) is 0 Å². The molecule has 4 heterocycles. The van der Waals surface area contributed by atoms with Crippen LogP contribution in [0, 0.1) is 0 Å². The van der Waals surface area contributed by atoms with Crippen molar-refractivity contribution in [2.75, 3.05) is 4.90 Å². The first kappa shape index (κ1) is 34.0. The van der Waals surface area contributed by atoms with Gasteiger partial charge >= 0.3 is 0 Å². The fourth-order valence-corrected chi connectivity index (χ4v) is 13.0. The van der Waals surface area contributed by atoms with E-state index in [9.17, 15) is 0 Å². The van der Waals surface area contributed by atoms with E-state index in [1.54, 1.807) is 0 Å². The third-order valence-corrected chi connectivity index (χ3v) is 15.5. The number of benzene rings is 9. The molecule has 2 aliphatic rings. The number of aromatic nitrogens is 2. The summed E-state index contributed by atoms with van der Waals surface area (Å²) < 4.78 is 5.20. The number of rotatable bonds is 3. The summed E-state index contributed by atoms with van der Waals surface area (Å²) in [6.07, 6.45) is 0. The molecule has 3 nitrogen and oxygen atoms in total. The molecule has 4 aromatic heterocycles. The van der Waals surface area contributed by atoms with Crippen LogP contribution in [-0.2, 0) is 10.8 Å². The van der Waals surface area contributed by atoms with Crippen molar-refractivity contribution in [1.29, 1.82) is 0 Å². The number of anilines is 3. The quantitative estimate of drug-likeness (QED) is 0.173. The summed E-state index contributed by atoms with van der Waals surface area (Å²) >= 11 is 0. The number of hydrogen-bond acceptors (Lipinski definition) is 1. The molecule has 0 aliphatic heterocycles. The van der Waals surface area contributed by atoms with Gasteiger partial charge < -0.3 is 13.7 Å². The Morgan fingerprint density at radius 1 is 0.349 bits per heavy atom. The number of hydrogen-bond donors (Lipinski definition) is 0. The Balaban J connectivity index is 1.10. The highest BCUT2D eigenvalue weighted by Gasteiger charge is 2.40. The minimum Gasteiger partial charge on any atom is -0.310 e. The zero-order chi connectivity index (χ0) is 41.7. The van der Waals surface area contributed by atoms with Crippen LogP contribution in [0.5, 0.6) is 0 Å². The summed E-state index contributed by atoms with van der Waals surface area (Å²) in [6.45, 7) is 9.68. The zero-order valence-corrected chi connectivity index (χ0v) is 35.6. The molecule has 0 atom stereocenters. The Kier molecular flexibility index (Phi) is 6.07. The Morgan fingerprint density at radius 2 is 0.841 bits per heavy atom. The third-order valence-electron chi connectivity index (χ3n) is 15.5. The average molecular weight is 804 g/mol. The molecular formula is C60H41N3. The molecular weight excluding hydrogens is 763 g/mol. The first-order valence-electron chi connectivity index (χ1n) is 22.4. The van der Waals surface area contributed by atoms with Crippen molar-refractivity contribution < 1.29 is 0 Å². The molecule has 13 aromatic rings. The predicted molar refractivity (Wildman–Crippen MR) is 266 cm³/mol. The predicted octanol–water partition coefficient (Wildman–Crippen LogP) is 16.1. The summed E-state index contributed by atoms with van der Waals surface area (Å²) in [4.78, 5) is 2.47. The van der Waals surface area contributed by atoms with Crippen molar-refractivity contribution in [1.82, 2.24) is 8.80 Å². The second-order valence-corrected chi connectivity index (χ2v) is 19.2. The van der Waals surface area contributed by atoms with Crippen molar-refractivity contribution in [2.45, 2.75) is 38.5 Å². The SMILES string of the molecule is CC1(C)c2ccccc2-c2ccc3c(c21)c1cccc2c4cc5c(cc4n3c21)c1ccc(N(c2ccccc2)c2ccccc2)c2c3c4c(ccc3n5c12)-c1ccccc1C4(C)C. The summed E-state index contributed by atoms with van der Waals surface area (Å²) in [5, 5.41) is 10.6.